The number of rotatable bonds is 6. The Morgan fingerprint density at radius 2 is 1.69 bits per heavy atom. The van der Waals surface area contributed by atoms with Crippen molar-refractivity contribution in [1.29, 1.82) is 0 Å². The van der Waals surface area contributed by atoms with Crippen LogP contribution in [-0.4, -0.2) is 57.1 Å². The maximum atomic E-state index is 13.6. The van der Waals surface area contributed by atoms with Gasteiger partial charge >= 0.3 is 6.18 Å². The molecule has 174 valence electrons. The highest BCUT2D eigenvalue weighted by molar-refractivity contribution is 7.89. The molecule has 1 amide bonds. The molecule has 2 aromatic carbocycles. The lowest BCUT2D eigenvalue weighted by Gasteiger charge is -2.35. The van der Waals surface area contributed by atoms with Gasteiger partial charge in [0.2, 0.25) is 10.0 Å². The quantitative estimate of drug-likeness (QED) is 0.650. The van der Waals surface area contributed by atoms with Crippen LogP contribution in [0.5, 0.6) is 0 Å². The summed E-state index contributed by atoms with van der Waals surface area (Å²) in [4.78, 5) is 13.6. The summed E-state index contributed by atoms with van der Waals surface area (Å²) < 4.78 is 91.5. The predicted molar refractivity (Wildman–Crippen MR) is 108 cm³/mol. The number of sulfonamides is 1. The largest absolute Gasteiger partial charge is 0.416 e. The number of carbonyl (C=O) groups excluding carboxylic acids is 1. The predicted octanol–water partition coefficient (Wildman–Crippen LogP) is 2.87. The number of alkyl halides is 3. The van der Waals surface area contributed by atoms with Crippen molar-refractivity contribution in [3.63, 3.8) is 0 Å². The highest BCUT2D eigenvalue weighted by atomic mass is 32.2. The summed E-state index contributed by atoms with van der Waals surface area (Å²) in [6.07, 6.45) is -4.47. The number of anilines is 1. The van der Waals surface area contributed by atoms with E-state index >= 15 is 0 Å². The lowest BCUT2D eigenvalue weighted by atomic mass is 10.1. The van der Waals surface area contributed by atoms with Crippen molar-refractivity contribution in [2.75, 3.05) is 43.4 Å². The van der Waals surface area contributed by atoms with E-state index in [0.717, 1.165) is 24.3 Å². The van der Waals surface area contributed by atoms with Crippen LogP contribution < -0.4 is 10.2 Å². The fraction of sp³-hybridized carbons (Fsp3) is 0.350. The van der Waals surface area contributed by atoms with Gasteiger partial charge in [0.15, 0.2) is 0 Å². The van der Waals surface area contributed by atoms with E-state index in [1.54, 1.807) is 4.90 Å². The van der Waals surface area contributed by atoms with Crippen molar-refractivity contribution >= 4 is 21.6 Å². The zero-order valence-corrected chi connectivity index (χ0v) is 17.5. The first-order valence-electron chi connectivity index (χ1n) is 9.61. The summed E-state index contributed by atoms with van der Waals surface area (Å²) in [6, 6.07) is 7.25. The molecule has 1 aliphatic rings. The van der Waals surface area contributed by atoms with Crippen LogP contribution >= 0.6 is 0 Å². The fourth-order valence-electron chi connectivity index (χ4n) is 3.29. The van der Waals surface area contributed by atoms with Crippen LogP contribution in [0.4, 0.5) is 27.6 Å². The maximum absolute atomic E-state index is 13.6. The van der Waals surface area contributed by atoms with Crippen molar-refractivity contribution in [2.24, 2.45) is 0 Å². The third-order valence-corrected chi connectivity index (χ3v) is 6.86. The number of nitrogens with zero attached hydrogens (tertiary/aromatic N) is 2. The lowest BCUT2D eigenvalue weighted by Crippen LogP contribution is -2.50. The standard InChI is InChI=1S/C20H20F5N3O3S/c21-15-4-5-17(18(22)13-15)19(29)26-6-11-32(30,31)28-9-7-27(8-10-28)16-3-1-2-14(12-16)20(23,24)25/h1-5,12-13H,6-11H2,(H,26,29). The van der Waals surface area contributed by atoms with Gasteiger partial charge in [-0.1, -0.05) is 6.07 Å². The normalized spacial score (nSPS) is 15.6. The Kier molecular flexibility index (Phi) is 7.03. The molecule has 1 aliphatic heterocycles. The average molecular weight is 477 g/mol. The Balaban J connectivity index is 1.53. The van der Waals surface area contributed by atoms with E-state index in [-0.39, 0.29) is 32.7 Å². The first-order valence-corrected chi connectivity index (χ1v) is 11.2. The van der Waals surface area contributed by atoms with Gasteiger partial charge in [-0.2, -0.15) is 17.5 Å². The molecule has 0 radical (unpaired) electrons. The topological polar surface area (TPSA) is 69.7 Å². The van der Waals surface area contributed by atoms with Crippen LogP contribution in [-0.2, 0) is 16.2 Å². The Labute approximate surface area is 181 Å². The van der Waals surface area contributed by atoms with E-state index in [1.165, 1.54) is 16.4 Å². The van der Waals surface area contributed by atoms with Crippen LogP contribution in [0.2, 0.25) is 0 Å². The zero-order chi connectivity index (χ0) is 23.5. The Morgan fingerprint density at radius 1 is 1.00 bits per heavy atom. The number of hydrogen-bond donors (Lipinski definition) is 1. The molecule has 1 heterocycles. The highest BCUT2D eigenvalue weighted by Gasteiger charge is 2.32. The van der Waals surface area contributed by atoms with Gasteiger partial charge in [0.25, 0.3) is 5.91 Å². The molecule has 0 aromatic heterocycles. The SMILES string of the molecule is O=C(NCCS(=O)(=O)N1CCN(c2cccc(C(F)(F)F)c2)CC1)c1ccc(F)cc1F. The van der Waals surface area contributed by atoms with Crippen LogP contribution in [0.25, 0.3) is 0 Å². The smallest absolute Gasteiger partial charge is 0.369 e. The summed E-state index contributed by atoms with van der Waals surface area (Å²) in [5.74, 6) is -3.21. The number of carbonyl (C=O) groups is 1. The summed E-state index contributed by atoms with van der Waals surface area (Å²) in [5, 5.41) is 2.29. The second kappa shape index (κ2) is 9.41. The van der Waals surface area contributed by atoms with Gasteiger partial charge in [-0.3, -0.25) is 4.79 Å². The second-order valence-electron chi connectivity index (χ2n) is 7.13. The van der Waals surface area contributed by atoms with Gasteiger partial charge < -0.3 is 10.2 Å². The van der Waals surface area contributed by atoms with Crippen LogP contribution in [0.1, 0.15) is 15.9 Å². The number of nitrogens with one attached hydrogen (secondary N) is 1. The highest BCUT2D eigenvalue weighted by Crippen LogP contribution is 2.32. The van der Waals surface area contributed by atoms with Crippen molar-refractivity contribution < 1.29 is 35.2 Å². The van der Waals surface area contributed by atoms with Crippen molar-refractivity contribution in [3.8, 4) is 0 Å². The maximum Gasteiger partial charge on any atom is 0.416 e. The van der Waals surface area contributed by atoms with E-state index in [1.807, 2.05) is 0 Å². The van der Waals surface area contributed by atoms with E-state index in [0.29, 0.717) is 11.8 Å². The summed E-state index contributed by atoms with van der Waals surface area (Å²) >= 11 is 0. The molecule has 1 fully saturated rings. The Bertz CT molecular complexity index is 1080. The number of hydrogen-bond acceptors (Lipinski definition) is 4. The first-order chi connectivity index (χ1) is 15.0. The molecule has 12 heteroatoms. The molecular weight excluding hydrogens is 457 g/mol. The molecule has 0 unspecified atom stereocenters. The molecule has 1 saturated heterocycles. The Hall–Kier alpha value is -2.73. The van der Waals surface area contributed by atoms with Gasteiger partial charge in [0.05, 0.1) is 16.9 Å². The van der Waals surface area contributed by atoms with Gasteiger partial charge in [-0.25, -0.2) is 17.2 Å². The molecule has 0 saturated carbocycles. The average Bonchev–Trinajstić information content (AvgIpc) is 2.73. The van der Waals surface area contributed by atoms with E-state index in [2.05, 4.69) is 5.32 Å². The molecule has 3 rings (SSSR count). The van der Waals surface area contributed by atoms with Crippen LogP contribution in [0, 0.1) is 11.6 Å². The van der Waals surface area contributed by atoms with E-state index in [9.17, 15) is 35.2 Å². The van der Waals surface area contributed by atoms with Crippen LogP contribution in [0.3, 0.4) is 0 Å². The molecule has 0 bridgehead atoms. The van der Waals surface area contributed by atoms with Crippen LogP contribution in [0.15, 0.2) is 42.5 Å². The zero-order valence-electron chi connectivity index (χ0n) is 16.7. The molecule has 0 atom stereocenters. The number of piperazine rings is 1. The second-order valence-corrected chi connectivity index (χ2v) is 9.22. The minimum atomic E-state index is -4.47. The van der Waals surface area contributed by atoms with Gasteiger partial charge in [0.1, 0.15) is 11.6 Å². The summed E-state index contributed by atoms with van der Waals surface area (Å²) in [7, 11) is -3.76. The van der Waals surface area contributed by atoms with E-state index < -0.39 is 50.6 Å². The van der Waals surface area contributed by atoms with Crippen molar-refractivity contribution in [1.82, 2.24) is 9.62 Å². The number of halogens is 5. The number of benzene rings is 2. The molecule has 2 aromatic rings. The summed E-state index contributed by atoms with van der Waals surface area (Å²) in [6.45, 7) is 0.255. The van der Waals surface area contributed by atoms with Gasteiger partial charge in [-0.05, 0) is 30.3 Å². The third-order valence-electron chi connectivity index (χ3n) is 4.99. The number of amides is 1. The molecular formula is C20H20F5N3O3S. The molecule has 1 N–H and O–H groups in total. The minimum absolute atomic E-state index is 0.0686. The van der Waals surface area contributed by atoms with Gasteiger partial charge in [-0.15, -0.1) is 0 Å². The molecule has 6 nitrogen and oxygen atoms in total. The van der Waals surface area contributed by atoms with E-state index in [4.69, 9.17) is 0 Å². The van der Waals surface area contributed by atoms with Gasteiger partial charge in [0, 0.05) is 44.5 Å². The third kappa shape index (κ3) is 5.74. The fourth-order valence-corrected chi connectivity index (χ4v) is 4.63. The lowest BCUT2D eigenvalue weighted by molar-refractivity contribution is -0.137. The first kappa shape index (κ1) is 23.9. The Morgan fingerprint density at radius 3 is 2.31 bits per heavy atom. The van der Waals surface area contributed by atoms with Crippen molar-refractivity contribution in [2.45, 2.75) is 6.18 Å². The molecule has 32 heavy (non-hydrogen) atoms. The van der Waals surface area contributed by atoms with Crippen molar-refractivity contribution in [3.05, 3.63) is 65.2 Å². The summed E-state index contributed by atoms with van der Waals surface area (Å²) in [5.41, 5.74) is -0.831. The minimum Gasteiger partial charge on any atom is -0.369 e. The molecule has 0 aliphatic carbocycles. The molecule has 0 spiro atoms. The monoisotopic (exact) mass is 477 g/mol.